The third kappa shape index (κ3) is 7.94. The molecular formula is C31H27BrN2O6. The molecule has 0 bridgehead atoms. The number of hydrogen-bond acceptors (Lipinski definition) is 6. The van der Waals surface area contributed by atoms with Crippen molar-refractivity contribution in [2.75, 3.05) is 12.4 Å². The minimum atomic E-state index is -0.533. The second-order valence-corrected chi connectivity index (χ2v) is 9.95. The van der Waals surface area contributed by atoms with Crippen LogP contribution in [0.4, 0.5) is 11.4 Å². The van der Waals surface area contributed by atoms with E-state index in [1.807, 2.05) is 68.4 Å². The van der Waals surface area contributed by atoms with Crippen LogP contribution in [-0.2, 0) is 11.4 Å². The molecule has 0 aliphatic carbocycles. The molecule has 0 aliphatic rings. The Hall–Kier alpha value is -4.63. The monoisotopic (exact) mass is 602 g/mol. The van der Waals surface area contributed by atoms with E-state index in [0.29, 0.717) is 17.2 Å². The van der Waals surface area contributed by atoms with Crippen molar-refractivity contribution in [2.24, 2.45) is 0 Å². The second kappa shape index (κ2) is 12.9. The van der Waals surface area contributed by atoms with Crippen molar-refractivity contribution in [1.29, 1.82) is 0 Å². The maximum atomic E-state index is 12.7. The lowest BCUT2D eigenvalue weighted by Crippen LogP contribution is -2.08. The van der Waals surface area contributed by atoms with Crippen LogP contribution in [0.5, 0.6) is 23.0 Å². The molecule has 1 N–H and O–H groups in total. The molecular weight excluding hydrogens is 576 g/mol. The number of nitro groups is 1. The van der Waals surface area contributed by atoms with Crippen LogP contribution in [0.3, 0.4) is 0 Å². The summed E-state index contributed by atoms with van der Waals surface area (Å²) in [6.07, 6.45) is 2.99. The number of benzene rings is 4. The molecule has 8 nitrogen and oxygen atoms in total. The number of ether oxygens (including phenoxy) is 3. The van der Waals surface area contributed by atoms with Crippen LogP contribution in [-0.4, -0.2) is 17.9 Å². The van der Waals surface area contributed by atoms with Crippen LogP contribution in [0.15, 0.2) is 89.4 Å². The molecule has 4 aromatic rings. The highest BCUT2D eigenvalue weighted by atomic mass is 79.9. The number of hydrogen-bond donors (Lipinski definition) is 1. The number of carbonyl (C=O) groups is 1. The van der Waals surface area contributed by atoms with Gasteiger partial charge in [-0.3, -0.25) is 14.9 Å². The maximum absolute atomic E-state index is 12.7. The van der Waals surface area contributed by atoms with Gasteiger partial charge < -0.3 is 19.5 Å². The zero-order chi connectivity index (χ0) is 28.6. The average molecular weight is 603 g/mol. The number of non-ortho nitro benzene ring substituents is 1. The first-order chi connectivity index (χ1) is 19.2. The van der Waals surface area contributed by atoms with Gasteiger partial charge in [-0.05, 0) is 85.1 Å². The predicted octanol–water partition coefficient (Wildman–Crippen LogP) is 8.01. The topological polar surface area (TPSA) is 99.9 Å². The summed E-state index contributed by atoms with van der Waals surface area (Å²) in [7, 11) is 1.58. The fraction of sp³-hybridized carbons (Fsp3) is 0.129. The van der Waals surface area contributed by atoms with E-state index in [-0.39, 0.29) is 23.7 Å². The average Bonchev–Trinajstić information content (AvgIpc) is 2.91. The number of methoxy groups -OCH3 is 1. The molecule has 1 amide bonds. The highest BCUT2D eigenvalue weighted by Gasteiger charge is 2.13. The number of halogens is 1. The number of rotatable bonds is 10. The van der Waals surface area contributed by atoms with Gasteiger partial charge in [0.25, 0.3) is 5.69 Å². The number of aryl methyl sites for hydroxylation is 2. The zero-order valence-electron chi connectivity index (χ0n) is 22.1. The van der Waals surface area contributed by atoms with Gasteiger partial charge >= 0.3 is 0 Å². The van der Waals surface area contributed by atoms with E-state index in [1.54, 1.807) is 25.3 Å². The van der Waals surface area contributed by atoms with Crippen LogP contribution >= 0.6 is 15.9 Å². The van der Waals surface area contributed by atoms with Crippen LogP contribution in [0.2, 0.25) is 0 Å². The molecule has 0 aliphatic heterocycles. The fourth-order valence-electron chi connectivity index (χ4n) is 4.01. The molecule has 0 saturated heterocycles. The van der Waals surface area contributed by atoms with E-state index in [9.17, 15) is 14.9 Å². The smallest absolute Gasteiger partial charge is 0.275 e. The molecule has 0 fully saturated rings. The number of carbonyl (C=O) groups excluding carboxylic acids is 1. The van der Waals surface area contributed by atoms with Crippen LogP contribution in [0, 0.1) is 24.0 Å². The van der Waals surface area contributed by atoms with E-state index in [1.165, 1.54) is 18.2 Å². The third-order valence-electron chi connectivity index (χ3n) is 5.74. The Kier molecular flexibility index (Phi) is 9.19. The van der Waals surface area contributed by atoms with E-state index < -0.39 is 10.8 Å². The van der Waals surface area contributed by atoms with Crippen molar-refractivity contribution in [1.82, 2.24) is 0 Å². The van der Waals surface area contributed by atoms with Crippen molar-refractivity contribution < 1.29 is 23.9 Å². The molecule has 0 atom stereocenters. The molecule has 0 radical (unpaired) electrons. The standard InChI is InChI=1S/C31H27BrN2O6/c1-20-12-21(2)14-28(13-20)40-29-17-25(16-26(18-29)34(36)37)33-31(35)11-5-22-4-10-30(38-3)23(15-22)19-39-27-8-6-24(32)7-9-27/h4-18H,19H2,1-3H3,(H,33,35)/b11-5-. The van der Waals surface area contributed by atoms with E-state index >= 15 is 0 Å². The molecule has 0 heterocycles. The lowest BCUT2D eigenvalue weighted by molar-refractivity contribution is -0.384. The van der Waals surface area contributed by atoms with Gasteiger partial charge in [0.2, 0.25) is 5.91 Å². The number of amides is 1. The molecule has 9 heteroatoms. The first-order valence-electron chi connectivity index (χ1n) is 12.3. The van der Waals surface area contributed by atoms with Crippen molar-refractivity contribution in [3.63, 3.8) is 0 Å². The molecule has 0 spiro atoms. The van der Waals surface area contributed by atoms with Crippen LogP contribution in [0.25, 0.3) is 6.08 Å². The molecule has 0 unspecified atom stereocenters. The summed E-state index contributed by atoms with van der Waals surface area (Å²) in [5.41, 5.74) is 3.60. The highest BCUT2D eigenvalue weighted by Crippen LogP contribution is 2.31. The third-order valence-corrected chi connectivity index (χ3v) is 6.27. The van der Waals surface area contributed by atoms with Crippen molar-refractivity contribution in [3.8, 4) is 23.0 Å². The first-order valence-corrected chi connectivity index (χ1v) is 13.1. The lowest BCUT2D eigenvalue weighted by atomic mass is 10.1. The van der Waals surface area contributed by atoms with Crippen molar-refractivity contribution in [3.05, 3.63) is 122 Å². The molecule has 40 heavy (non-hydrogen) atoms. The number of anilines is 1. The summed E-state index contributed by atoms with van der Waals surface area (Å²) >= 11 is 3.40. The van der Waals surface area contributed by atoms with Crippen molar-refractivity contribution >= 4 is 39.3 Å². The normalized spacial score (nSPS) is 10.8. The Morgan fingerprint density at radius 1 is 0.925 bits per heavy atom. The Balaban J connectivity index is 1.47. The highest BCUT2D eigenvalue weighted by molar-refractivity contribution is 9.10. The van der Waals surface area contributed by atoms with Gasteiger partial charge in [-0.25, -0.2) is 0 Å². The Labute approximate surface area is 240 Å². The van der Waals surface area contributed by atoms with Gasteiger partial charge in [0.1, 0.15) is 29.6 Å². The molecule has 204 valence electrons. The van der Waals surface area contributed by atoms with Crippen molar-refractivity contribution in [2.45, 2.75) is 20.5 Å². The Bertz CT molecular complexity index is 1550. The van der Waals surface area contributed by atoms with Gasteiger partial charge in [0.05, 0.1) is 23.8 Å². The Morgan fingerprint density at radius 2 is 1.62 bits per heavy atom. The van der Waals surface area contributed by atoms with Gasteiger partial charge in [-0.15, -0.1) is 0 Å². The van der Waals surface area contributed by atoms with Gasteiger partial charge in [0.15, 0.2) is 0 Å². The minimum Gasteiger partial charge on any atom is -0.496 e. The first kappa shape index (κ1) is 28.4. The van der Waals surface area contributed by atoms with Gasteiger partial charge in [0, 0.05) is 28.2 Å². The second-order valence-electron chi connectivity index (χ2n) is 9.03. The predicted molar refractivity (Wildman–Crippen MR) is 158 cm³/mol. The summed E-state index contributed by atoms with van der Waals surface area (Å²) < 4.78 is 18.2. The summed E-state index contributed by atoms with van der Waals surface area (Å²) in [6, 6.07) is 22.8. The van der Waals surface area contributed by atoms with E-state index in [0.717, 1.165) is 26.7 Å². The molecule has 0 aromatic heterocycles. The SMILES string of the molecule is COc1ccc(/C=C\C(=O)Nc2cc(Oc3cc(C)cc(C)c3)cc([N+](=O)[O-])c2)cc1COc1ccc(Br)cc1. The minimum absolute atomic E-state index is 0.202. The number of nitro benzene ring substituents is 1. The van der Waals surface area contributed by atoms with E-state index in [4.69, 9.17) is 14.2 Å². The maximum Gasteiger partial charge on any atom is 0.275 e. The van der Waals surface area contributed by atoms with Gasteiger partial charge in [-0.1, -0.05) is 28.1 Å². The molecule has 4 aromatic carbocycles. The fourth-order valence-corrected chi connectivity index (χ4v) is 4.27. The number of nitrogens with one attached hydrogen (secondary N) is 1. The molecule has 4 rings (SSSR count). The van der Waals surface area contributed by atoms with Crippen LogP contribution in [0.1, 0.15) is 22.3 Å². The zero-order valence-corrected chi connectivity index (χ0v) is 23.7. The van der Waals surface area contributed by atoms with E-state index in [2.05, 4.69) is 21.2 Å². The summed E-state index contributed by atoms with van der Waals surface area (Å²) in [5.74, 6) is 1.70. The quantitative estimate of drug-likeness (QED) is 0.112. The summed E-state index contributed by atoms with van der Waals surface area (Å²) in [6.45, 7) is 4.15. The Morgan fingerprint density at radius 3 is 2.30 bits per heavy atom. The summed E-state index contributed by atoms with van der Waals surface area (Å²) in [5, 5.41) is 14.2. The lowest BCUT2D eigenvalue weighted by Gasteiger charge is -2.11. The number of nitrogens with zero attached hydrogens (tertiary/aromatic N) is 1. The largest absolute Gasteiger partial charge is 0.496 e. The van der Waals surface area contributed by atoms with Gasteiger partial charge in [-0.2, -0.15) is 0 Å². The summed E-state index contributed by atoms with van der Waals surface area (Å²) in [4.78, 5) is 23.7. The molecule has 0 saturated carbocycles. The van der Waals surface area contributed by atoms with Crippen LogP contribution < -0.4 is 19.5 Å².